The number of hydrogen-bond donors (Lipinski definition) is 1. The van der Waals surface area contributed by atoms with Crippen LogP contribution in [0.25, 0.3) is 0 Å². The summed E-state index contributed by atoms with van der Waals surface area (Å²) in [7, 11) is 2.90. The molecule has 6 nitrogen and oxygen atoms in total. The molecule has 3 rings (SSSR count). The Balaban J connectivity index is 2.21. The Labute approximate surface area is 165 Å². The van der Waals surface area contributed by atoms with Gasteiger partial charge in [0, 0.05) is 19.7 Å². The number of likely N-dealkylation sites (N-methyl/N-ethyl adjacent to an activating group) is 1. The number of aliphatic imine (C=N–C) groups is 1. The number of nitrogens with zero attached hydrogens (tertiary/aromatic N) is 2. The molecule has 0 radical (unpaired) electrons. The minimum absolute atomic E-state index is 0.000820. The highest BCUT2D eigenvalue weighted by Crippen LogP contribution is 2.41. The van der Waals surface area contributed by atoms with Crippen LogP contribution < -0.4 is 10.5 Å². The Morgan fingerprint density at radius 1 is 1.21 bits per heavy atom. The Kier molecular flexibility index (Phi) is 5.52. The van der Waals surface area contributed by atoms with Gasteiger partial charge in [-0.05, 0) is 47.9 Å². The second-order valence-electron chi connectivity index (χ2n) is 6.64. The summed E-state index contributed by atoms with van der Waals surface area (Å²) in [5, 5.41) is 0. The van der Waals surface area contributed by atoms with Crippen LogP contribution in [0.3, 0.4) is 0 Å². The van der Waals surface area contributed by atoms with Gasteiger partial charge in [0.1, 0.15) is 11.6 Å². The first-order chi connectivity index (χ1) is 13.7. The minimum Gasteiger partial charge on any atom is -0.435 e. The van der Waals surface area contributed by atoms with E-state index in [0.717, 1.165) is 0 Å². The van der Waals surface area contributed by atoms with E-state index in [9.17, 15) is 18.0 Å². The van der Waals surface area contributed by atoms with Crippen molar-refractivity contribution in [2.24, 2.45) is 10.7 Å². The van der Waals surface area contributed by atoms with Crippen molar-refractivity contribution in [1.29, 1.82) is 0 Å². The smallest absolute Gasteiger partial charge is 0.387 e. The van der Waals surface area contributed by atoms with Crippen LogP contribution in [0, 0.1) is 12.7 Å². The summed E-state index contributed by atoms with van der Waals surface area (Å²) < 4.78 is 48.8. The van der Waals surface area contributed by atoms with E-state index in [4.69, 9.17) is 10.5 Å². The number of carbonyl (C=O) groups excluding carboxylic acids is 1. The Hall–Kier alpha value is -3.07. The number of alkyl halides is 2. The lowest BCUT2D eigenvalue weighted by atomic mass is 9.81. The summed E-state index contributed by atoms with van der Waals surface area (Å²) >= 11 is 0. The zero-order chi connectivity index (χ0) is 21.3. The number of ether oxygens (including phenoxy) is 2. The fourth-order valence-corrected chi connectivity index (χ4v) is 3.35. The number of amides is 1. The lowest BCUT2D eigenvalue weighted by Gasteiger charge is -2.27. The second-order valence-corrected chi connectivity index (χ2v) is 6.64. The van der Waals surface area contributed by atoms with Gasteiger partial charge in [-0.3, -0.25) is 9.69 Å². The van der Waals surface area contributed by atoms with Gasteiger partial charge in [0.25, 0.3) is 5.91 Å². The molecule has 2 aromatic carbocycles. The zero-order valence-electron chi connectivity index (χ0n) is 16.1. The number of rotatable bonds is 6. The van der Waals surface area contributed by atoms with Gasteiger partial charge in [0.15, 0.2) is 11.5 Å². The predicted octanol–water partition coefficient (Wildman–Crippen LogP) is 2.91. The summed E-state index contributed by atoms with van der Waals surface area (Å²) in [4.78, 5) is 18.8. The van der Waals surface area contributed by atoms with Crippen molar-refractivity contribution >= 4 is 11.9 Å². The molecule has 154 valence electrons. The summed E-state index contributed by atoms with van der Waals surface area (Å²) in [5.41, 5.74) is 5.74. The van der Waals surface area contributed by atoms with Crippen molar-refractivity contribution in [2.45, 2.75) is 25.7 Å². The maximum absolute atomic E-state index is 14.1. The predicted molar refractivity (Wildman–Crippen MR) is 100 cm³/mol. The summed E-state index contributed by atoms with van der Waals surface area (Å²) in [6, 6.07) is 8.51. The van der Waals surface area contributed by atoms with Crippen LogP contribution in [-0.4, -0.2) is 37.5 Å². The molecule has 1 heterocycles. The van der Waals surface area contributed by atoms with Crippen LogP contribution in [0.15, 0.2) is 41.4 Å². The molecule has 1 atom stereocenters. The summed E-state index contributed by atoms with van der Waals surface area (Å²) in [6.07, 6.45) is 0. The van der Waals surface area contributed by atoms with Gasteiger partial charge in [0.2, 0.25) is 0 Å². The van der Waals surface area contributed by atoms with E-state index in [1.165, 1.54) is 55.5 Å². The molecule has 1 amide bonds. The van der Waals surface area contributed by atoms with Crippen molar-refractivity contribution in [3.8, 4) is 5.75 Å². The topological polar surface area (TPSA) is 77.2 Å². The van der Waals surface area contributed by atoms with Crippen molar-refractivity contribution in [1.82, 2.24) is 4.90 Å². The molecule has 1 aliphatic rings. The van der Waals surface area contributed by atoms with E-state index in [-0.39, 0.29) is 23.9 Å². The number of benzene rings is 2. The summed E-state index contributed by atoms with van der Waals surface area (Å²) in [5.74, 6) is -0.975. The Bertz CT molecular complexity index is 981. The maximum atomic E-state index is 14.1. The number of hydrogen-bond acceptors (Lipinski definition) is 5. The Morgan fingerprint density at radius 3 is 2.41 bits per heavy atom. The van der Waals surface area contributed by atoms with Crippen LogP contribution in [0.1, 0.15) is 22.3 Å². The SMILES string of the molecule is COCc1cc(C2(c3ccc(OC(F)F)c(C)c3)N=C(N)N(C)C2=O)ccc1F. The van der Waals surface area contributed by atoms with Gasteiger partial charge in [-0.25, -0.2) is 9.38 Å². The van der Waals surface area contributed by atoms with Gasteiger partial charge in [-0.15, -0.1) is 0 Å². The maximum Gasteiger partial charge on any atom is 0.387 e. The van der Waals surface area contributed by atoms with Gasteiger partial charge in [-0.2, -0.15) is 8.78 Å². The van der Waals surface area contributed by atoms with Gasteiger partial charge in [0.05, 0.1) is 6.61 Å². The molecule has 0 bridgehead atoms. The zero-order valence-corrected chi connectivity index (χ0v) is 16.1. The third-order valence-electron chi connectivity index (χ3n) is 4.81. The fourth-order valence-electron chi connectivity index (χ4n) is 3.35. The lowest BCUT2D eigenvalue weighted by Crippen LogP contribution is -2.41. The molecular weight excluding hydrogens is 387 g/mol. The third kappa shape index (κ3) is 3.53. The molecule has 29 heavy (non-hydrogen) atoms. The van der Waals surface area contributed by atoms with Gasteiger partial charge < -0.3 is 15.2 Å². The van der Waals surface area contributed by atoms with Gasteiger partial charge in [-0.1, -0.05) is 12.1 Å². The standard InChI is InChI=1S/C20H20F3N3O3/c1-11-8-13(5-7-16(11)29-18(22)23)20(17(27)26(2)19(24)25-20)14-4-6-15(21)12(9-14)10-28-3/h4-9,18H,10H2,1-3H3,(H2,24,25). The van der Waals surface area contributed by atoms with Gasteiger partial charge >= 0.3 is 6.61 Å². The molecular formula is C20H20F3N3O3. The highest BCUT2D eigenvalue weighted by molar-refractivity contribution is 6.08. The number of nitrogens with two attached hydrogens (primary N) is 1. The lowest BCUT2D eigenvalue weighted by molar-refractivity contribution is -0.129. The van der Waals surface area contributed by atoms with Crippen molar-refractivity contribution in [2.75, 3.05) is 14.2 Å². The van der Waals surface area contributed by atoms with Crippen molar-refractivity contribution < 1.29 is 27.4 Å². The average molecular weight is 407 g/mol. The van der Waals surface area contributed by atoms with E-state index >= 15 is 0 Å². The van der Waals surface area contributed by atoms with Crippen LogP contribution in [0.4, 0.5) is 13.2 Å². The van der Waals surface area contributed by atoms with Crippen LogP contribution in [0.5, 0.6) is 5.75 Å². The first kappa shape index (κ1) is 20.7. The highest BCUT2D eigenvalue weighted by Gasteiger charge is 2.49. The third-order valence-corrected chi connectivity index (χ3v) is 4.81. The monoisotopic (exact) mass is 407 g/mol. The molecule has 2 N–H and O–H groups in total. The first-order valence-electron chi connectivity index (χ1n) is 8.68. The molecule has 0 fully saturated rings. The second kappa shape index (κ2) is 7.75. The average Bonchev–Trinajstić information content (AvgIpc) is 2.90. The molecule has 0 saturated carbocycles. The summed E-state index contributed by atoms with van der Waals surface area (Å²) in [6.45, 7) is -1.40. The van der Waals surface area contributed by atoms with Crippen molar-refractivity contribution in [3.63, 3.8) is 0 Å². The van der Waals surface area contributed by atoms with Crippen LogP contribution in [-0.2, 0) is 21.7 Å². The molecule has 0 saturated heterocycles. The van der Waals surface area contributed by atoms with E-state index in [1.54, 1.807) is 6.92 Å². The fraction of sp³-hybridized carbons (Fsp3) is 0.300. The van der Waals surface area contributed by atoms with E-state index < -0.39 is 23.9 Å². The number of methoxy groups -OCH3 is 1. The molecule has 0 aromatic heterocycles. The number of halogens is 3. The van der Waals surface area contributed by atoms with Crippen LogP contribution >= 0.6 is 0 Å². The molecule has 1 aliphatic heterocycles. The molecule has 0 aliphatic carbocycles. The normalized spacial score (nSPS) is 19.1. The molecule has 9 heteroatoms. The Morgan fingerprint density at radius 2 is 1.86 bits per heavy atom. The highest BCUT2D eigenvalue weighted by atomic mass is 19.3. The van der Waals surface area contributed by atoms with E-state index in [0.29, 0.717) is 16.7 Å². The van der Waals surface area contributed by atoms with Crippen molar-refractivity contribution in [3.05, 3.63) is 64.5 Å². The van der Waals surface area contributed by atoms with E-state index in [2.05, 4.69) is 9.73 Å². The first-order valence-corrected chi connectivity index (χ1v) is 8.68. The molecule has 2 aromatic rings. The quantitative estimate of drug-likeness (QED) is 0.799. The van der Waals surface area contributed by atoms with Crippen LogP contribution in [0.2, 0.25) is 0 Å². The largest absolute Gasteiger partial charge is 0.435 e. The molecule has 1 unspecified atom stereocenters. The number of aryl methyl sites for hydroxylation is 1. The van der Waals surface area contributed by atoms with E-state index in [1.807, 2.05) is 0 Å². The number of carbonyl (C=O) groups is 1. The molecule has 0 spiro atoms. The number of guanidine groups is 1. The minimum atomic E-state index is -2.98.